The van der Waals surface area contributed by atoms with Crippen LogP contribution in [0.15, 0.2) is 24.3 Å². The molecule has 1 aliphatic rings. The average molecular weight is 395 g/mol. The molecule has 2 atom stereocenters. The predicted octanol–water partition coefficient (Wildman–Crippen LogP) is 4.69. The number of halogens is 2. The van der Waals surface area contributed by atoms with E-state index in [0.29, 0.717) is 16.6 Å². The standard InChI is InChI=1S/C20H24Cl2N2O2/c1-12-7-17(20(25)11-23-9-13(2)26-14(3)10-23)15(4)24(12)16-5-6-18(21)19(22)8-16/h5-8,13-14H,9-11H2,1-4H3. The molecule has 4 nitrogen and oxygen atoms in total. The third-order valence-electron chi connectivity index (χ3n) is 4.76. The van der Waals surface area contributed by atoms with Crippen molar-refractivity contribution in [3.63, 3.8) is 0 Å². The summed E-state index contributed by atoms with van der Waals surface area (Å²) in [7, 11) is 0. The van der Waals surface area contributed by atoms with Gasteiger partial charge in [-0.05, 0) is 52.0 Å². The number of hydrogen-bond donors (Lipinski definition) is 0. The molecular weight excluding hydrogens is 371 g/mol. The molecule has 1 aliphatic heterocycles. The molecule has 1 aromatic heterocycles. The summed E-state index contributed by atoms with van der Waals surface area (Å²) in [5.74, 6) is 0.130. The van der Waals surface area contributed by atoms with Gasteiger partial charge in [0, 0.05) is 35.7 Å². The molecule has 2 unspecified atom stereocenters. The summed E-state index contributed by atoms with van der Waals surface area (Å²) in [6, 6.07) is 7.46. The minimum atomic E-state index is 0.130. The van der Waals surface area contributed by atoms with Gasteiger partial charge in [0.15, 0.2) is 5.78 Å². The molecule has 0 radical (unpaired) electrons. The minimum Gasteiger partial charge on any atom is -0.373 e. The number of aromatic nitrogens is 1. The second-order valence-electron chi connectivity index (χ2n) is 7.09. The maximum atomic E-state index is 12.9. The van der Waals surface area contributed by atoms with Crippen molar-refractivity contribution in [2.24, 2.45) is 0 Å². The van der Waals surface area contributed by atoms with Gasteiger partial charge in [-0.3, -0.25) is 9.69 Å². The molecule has 6 heteroatoms. The second kappa shape index (κ2) is 7.73. The third-order valence-corrected chi connectivity index (χ3v) is 5.49. The number of aryl methyl sites for hydroxylation is 1. The van der Waals surface area contributed by atoms with E-state index >= 15 is 0 Å². The molecule has 140 valence electrons. The molecule has 0 N–H and O–H groups in total. The summed E-state index contributed by atoms with van der Waals surface area (Å²) in [6.45, 7) is 10.0. The van der Waals surface area contributed by atoms with Crippen molar-refractivity contribution in [1.82, 2.24) is 9.47 Å². The van der Waals surface area contributed by atoms with Crippen LogP contribution in [0.1, 0.15) is 35.6 Å². The first-order chi connectivity index (χ1) is 12.3. The molecule has 1 aromatic carbocycles. The Hall–Kier alpha value is -1.33. The Labute approximate surface area is 164 Å². The Morgan fingerprint density at radius 1 is 1.12 bits per heavy atom. The fourth-order valence-corrected chi connectivity index (χ4v) is 4.06. The largest absolute Gasteiger partial charge is 0.373 e. The number of rotatable bonds is 4. The number of nitrogens with zero attached hydrogens (tertiary/aromatic N) is 2. The van der Waals surface area contributed by atoms with E-state index in [9.17, 15) is 4.79 Å². The van der Waals surface area contributed by atoms with Crippen LogP contribution < -0.4 is 0 Å². The van der Waals surface area contributed by atoms with Crippen LogP contribution in [-0.2, 0) is 4.74 Å². The van der Waals surface area contributed by atoms with Crippen LogP contribution in [0.2, 0.25) is 10.0 Å². The molecule has 0 amide bonds. The van der Waals surface area contributed by atoms with Gasteiger partial charge in [-0.15, -0.1) is 0 Å². The van der Waals surface area contributed by atoms with Crippen LogP contribution in [0.25, 0.3) is 5.69 Å². The number of carbonyl (C=O) groups excluding carboxylic acids is 1. The van der Waals surface area contributed by atoms with Crippen LogP contribution in [0.3, 0.4) is 0 Å². The fourth-order valence-electron chi connectivity index (χ4n) is 3.77. The van der Waals surface area contributed by atoms with Crippen molar-refractivity contribution in [2.45, 2.75) is 39.9 Å². The van der Waals surface area contributed by atoms with Gasteiger partial charge >= 0.3 is 0 Å². The lowest BCUT2D eigenvalue weighted by molar-refractivity contribution is -0.0652. The molecule has 0 aliphatic carbocycles. The van der Waals surface area contributed by atoms with E-state index in [1.807, 2.05) is 50.5 Å². The van der Waals surface area contributed by atoms with Crippen molar-refractivity contribution in [2.75, 3.05) is 19.6 Å². The Kier molecular flexibility index (Phi) is 5.78. The third kappa shape index (κ3) is 3.99. The van der Waals surface area contributed by atoms with Gasteiger partial charge in [0.2, 0.25) is 0 Å². The van der Waals surface area contributed by atoms with Gasteiger partial charge in [0.1, 0.15) is 0 Å². The maximum absolute atomic E-state index is 12.9. The van der Waals surface area contributed by atoms with E-state index in [2.05, 4.69) is 4.90 Å². The number of hydrogen-bond acceptors (Lipinski definition) is 3. The van der Waals surface area contributed by atoms with Crippen LogP contribution in [0.5, 0.6) is 0 Å². The molecule has 2 aromatic rings. The fraction of sp³-hybridized carbons (Fsp3) is 0.450. The zero-order valence-corrected chi connectivity index (χ0v) is 17.1. The zero-order chi connectivity index (χ0) is 19.0. The van der Waals surface area contributed by atoms with Gasteiger partial charge < -0.3 is 9.30 Å². The minimum absolute atomic E-state index is 0.130. The number of carbonyl (C=O) groups is 1. The smallest absolute Gasteiger partial charge is 0.178 e. The molecule has 0 spiro atoms. The molecule has 0 saturated carbocycles. The maximum Gasteiger partial charge on any atom is 0.178 e. The molecule has 26 heavy (non-hydrogen) atoms. The lowest BCUT2D eigenvalue weighted by atomic mass is 10.1. The summed E-state index contributed by atoms with van der Waals surface area (Å²) in [5, 5.41) is 1.02. The van der Waals surface area contributed by atoms with Crippen LogP contribution in [0.4, 0.5) is 0 Å². The van der Waals surface area contributed by atoms with E-state index in [-0.39, 0.29) is 18.0 Å². The van der Waals surface area contributed by atoms with Gasteiger partial charge in [0.05, 0.1) is 28.8 Å². The Bertz CT molecular complexity index is 821. The SMILES string of the molecule is Cc1cc(C(=O)CN2CC(C)OC(C)C2)c(C)n1-c1ccc(Cl)c(Cl)c1. The number of benzene rings is 1. The summed E-state index contributed by atoms with van der Waals surface area (Å²) >= 11 is 12.2. The quantitative estimate of drug-likeness (QED) is 0.705. The molecule has 1 saturated heterocycles. The van der Waals surface area contributed by atoms with Gasteiger partial charge in [-0.2, -0.15) is 0 Å². The molecule has 0 bridgehead atoms. The first kappa shape index (κ1) is 19.4. The number of Topliss-reactive ketones (excluding diaryl/α,β-unsaturated/α-hetero) is 1. The van der Waals surface area contributed by atoms with Gasteiger partial charge in [0.25, 0.3) is 0 Å². The lowest BCUT2D eigenvalue weighted by Gasteiger charge is -2.34. The summed E-state index contributed by atoms with van der Waals surface area (Å²) < 4.78 is 7.79. The number of morpholine rings is 1. The molecule has 2 heterocycles. The normalized spacial score (nSPS) is 21.2. The Morgan fingerprint density at radius 3 is 2.38 bits per heavy atom. The highest BCUT2D eigenvalue weighted by Gasteiger charge is 2.25. The summed E-state index contributed by atoms with van der Waals surface area (Å²) in [4.78, 5) is 15.1. The Balaban J connectivity index is 1.85. The van der Waals surface area contributed by atoms with E-state index in [0.717, 1.165) is 35.7 Å². The van der Waals surface area contributed by atoms with Crippen molar-refractivity contribution in [1.29, 1.82) is 0 Å². The van der Waals surface area contributed by atoms with Crippen LogP contribution >= 0.6 is 23.2 Å². The number of ether oxygens (including phenoxy) is 1. The van der Waals surface area contributed by atoms with E-state index < -0.39 is 0 Å². The van der Waals surface area contributed by atoms with Crippen molar-refractivity contribution in [3.05, 3.63) is 51.3 Å². The van der Waals surface area contributed by atoms with Crippen molar-refractivity contribution >= 4 is 29.0 Å². The summed E-state index contributed by atoms with van der Waals surface area (Å²) in [6.07, 6.45) is 0.297. The van der Waals surface area contributed by atoms with E-state index in [1.54, 1.807) is 6.07 Å². The van der Waals surface area contributed by atoms with Crippen molar-refractivity contribution < 1.29 is 9.53 Å². The van der Waals surface area contributed by atoms with Crippen LogP contribution in [-0.4, -0.2) is 47.1 Å². The highest BCUT2D eigenvalue weighted by molar-refractivity contribution is 6.42. The predicted molar refractivity (Wildman–Crippen MR) is 106 cm³/mol. The molecule has 3 rings (SSSR count). The molecular formula is C20H24Cl2N2O2. The topological polar surface area (TPSA) is 34.5 Å². The monoisotopic (exact) mass is 394 g/mol. The van der Waals surface area contributed by atoms with Crippen molar-refractivity contribution in [3.8, 4) is 5.69 Å². The van der Waals surface area contributed by atoms with E-state index in [4.69, 9.17) is 27.9 Å². The highest BCUT2D eigenvalue weighted by Crippen LogP contribution is 2.28. The number of ketones is 1. The lowest BCUT2D eigenvalue weighted by Crippen LogP contribution is -2.47. The zero-order valence-electron chi connectivity index (χ0n) is 15.6. The van der Waals surface area contributed by atoms with Crippen LogP contribution in [0, 0.1) is 13.8 Å². The highest BCUT2D eigenvalue weighted by atomic mass is 35.5. The van der Waals surface area contributed by atoms with Gasteiger partial charge in [-0.1, -0.05) is 23.2 Å². The molecule has 1 fully saturated rings. The Morgan fingerprint density at radius 2 is 1.77 bits per heavy atom. The van der Waals surface area contributed by atoms with Gasteiger partial charge in [-0.25, -0.2) is 0 Å². The summed E-state index contributed by atoms with van der Waals surface area (Å²) in [5.41, 5.74) is 3.57. The second-order valence-corrected chi connectivity index (χ2v) is 7.91. The average Bonchev–Trinajstić information content (AvgIpc) is 2.84. The first-order valence-electron chi connectivity index (χ1n) is 8.81. The first-order valence-corrected chi connectivity index (χ1v) is 9.57. The van der Waals surface area contributed by atoms with E-state index in [1.165, 1.54) is 0 Å².